The Labute approximate surface area is 127 Å². The largest absolute Gasteiger partial charge is 0.468 e. The van der Waals surface area contributed by atoms with E-state index in [-0.39, 0.29) is 5.69 Å². The molecular formula is C13H17N3O6. The van der Waals surface area contributed by atoms with Crippen LogP contribution in [0.4, 0.5) is 16.2 Å². The van der Waals surface area contributed by atoms with Crippen LogP contribution in [0.15, 0.2) is 18.5 Å². The molecule has 0 aliphatic heterocycles. The molecule has 0 spiro atoms. The molecule has 0 N–H and O–H groups in total. The molecule has 1 aromatic heterocycles. The van der Waals surface area contributed by atoms with Crippen LogP contribution in [0, 0.1) is 10.1 Å². The summed E-state index contributed by atoms with van der Waals surface area (Å²) in [5.74, 6) is -0.739. The van der Waals surface area contributed by atoms with Gasteiger partial charge in [0.05, 0.1) is 12.0 Å². The van der Waals surface area contributed by atoms with Gasteiger partial charge in [0, 0.05) is 6.20 Å². The van der Waals surface area contributed by atoms with Gasteiger partial charge in [0.25, 0.3) is 0 Å². The van der Waals surface area contributed by atoms with Gasteiger partial charge in [-0.15, -0.1) is 0 Å². The number of pyridine rings is 1. The molecule has 0 aliphatic rings. The number of nitro groups is 1. The molecule has 120 valence electrons. The van der Waals surface area contributed by atoms with Crippen molar-refractivity contribution in [2.75, 3.05) is 18.6 Å². The van der Waals surface area contributed by atoms with Crippen molar-refractivity contribution in [3.05, 3.63) is 28.6 Å². The summed E-state index contributed by atoms with van der Waals surface area (Å²) in [6.45, 7) is 4.41. The fourth-order valence-corrected chi connectivity index (χ4v) is 1.51. The molecule has 0 aromatic carbocycles. The van der Waals surface area contributed by atoms with E-state index in [9.17, 15) is 19.7 Å². The molecule has 1 rings (SSSR count). The van der Waals surface area contributed by atoms with Crippen LogP contribution in [-0.4, -0.2) is 41.2 Å². The Balaban J connectivity index is 3.24. The Morgan fingerprint density at radius 2 is 2.05 bits per heavy atom. The number of ether oxygens (including phenoxy) is 2. The highest BCUT2D eigenvalue weighted by atomic mass is 16.6. The molecule has 0 unspecified atom stereocenters. The third kappa shape index (κ3) is 4.69. The highest BCUT2D eigenvalue weighted by Gasteiger charge is 2.30. The summed E-state index contributed by atoms with van der Waals surface area (Å²) in [5.41, 5.74) is -1.34. The molecule has 22 heavy (non-hydrogen) atoms. The van der Waals surface area contributed by atoms with E-state index in [2.05, 4.69) is 9.72 Å². The van der Waals surface area contributed by atoms with Gasteiger partial charge in [-0.1, -0.05) is 0 Å². The number of carbonyl (C=O) groups excluding carboxylic acids is 2. The number of carbonyl (C=O) groups is 2. The summed E-state index contributed by atoms with van der Waals surface area (Å²) in [6.07, 6.45) is 1.37. The first-order chi connectivity index (χ1) is 10.2. The van der Waals surface area contributed by atoms with Gasteiger partial charge in [0.15, 0.2) is 0 Å². The van der Waals surface area contributed by atoms with Gasteiger partial charge >= 0.3 is 17.7 Å². The van der Waals surface area contributed by atoms with Crippen molar-refractivity contribution in [2.24, 2.45) is 0 Å². The van der Waals surface area contributed by atoms with E-state index in [1.807, 2.05) is 0 Å². The second kappa shape index (κ2) is 6.83. The molecular weight excluding hydrogens is 294 g/mol. The number of methoxy groups -OCH3 is 1. The highest BCUT2D eigenvalue weighted by molar-refractivity contribution is 5.95. The van der Waals surface area contributed by atoms with Crippen LogP contribution in [0.25, 0.3) is 0 Å². The van der Waals surface area contributed by atoms with Crippen molar-refractivity contribution >= 4 is 23.4 Å². The summed E-state index contributed by atoms with van der Waals surface area (Å²) in [5, 5.41) is 11.1. The Morgan fingerprint density at radius 1 is 1.41 bits per heavy atom. The maximum Gasteiger partial charge on any atom is 0.415 e. The van der Waals surface area contributed by atoms with Crippen LogP contribution in [0.2, 0.25) is 0 Å². The van der Waals surface area contributed by atoms with Crippen molar-refractivity contribution in [2.45, 2.75) is 26.4 Å². The molecule has 0 radical (unpaired) electrons. The minimum Gasteiger partial charge on any atom is -0.468 e. The number of rotatable bonds is 4. The minimum absolute atomic E-state index is 0.0975. The Hall–Kier alpha value is -2.71. The van der Waals surface area contributed by atoms with Crippen LogP contribution < -0.4 is 4.90 Å². The second-order valence-electron chi connectivity index (χ2n) is 5.26. The van der Waals surface area contributed by atoms with E-state index in [1.165, 1.54) is 12.3 Å². The number of hydrogen-bond acceptors (Lipinski definition) is 7. The van der Waals surface area contributed by atoms with Gasteiger partial charge in [-0.05, 0) is 26.8 Å². The van der Waals surface area contributed by atoms with E-state index in [4.69, 9.17) is 4.74 Å². The Bertz CT molecular complexity index is 581. The lowest BCUT2D eigenvalue weighted by Gasteiger charge is -2.26. The van der Waals surface area contributed by atoms with Crippen LogP contribution in [0.1, 0.15) is 20.8 Å². The van der Waals surface area contributed by atoms with Crippen LogP contribution in [0.3, 0.4) is 0 Å². The van der Waals surface area contributed by atoms with Gasteiger partial charge in [0.1, 0.15) is 24.0 Å². The lowest BCUT2D eigenvalue weighted by molar-refractivity contribution is -0.384. The lowest BCUT2D eigenvalue weighted by atomic mass is 10.2. The molecule has 1 amide bonds. The number of esters is 1. The predicted octanol–water partition coefficient (Wildman–Crippen LogP) is 1.90. The average molecular weight is 311 g/mol. The van der Waals surface area contributed by atoms with Crippen molar-refractivity contribution < 1.29 is 24.0 Å². The fourth-order valence-electron chi connectivity index (χ4n) is 1.51. The van der Waals surface area contributed by atoms with E-state index >= 15 is 0 Å². The fraction of sp³-hybridized carbons (Fsp3) is 0.462. The third-order valence-corrected chi connectivity index (χ3v) is 2.39. The highest BCUT2D eigenvalue weighted by Crippen LogP contribution is 2.28. The smallest absolute Gasteiger partial charge is 0.415 e. The minimum atomic E-state index is -0.896. The van der Waals surface area contributed by atoms with E-state index in [0.29, 0.717) is 0 Å². The number of anilines is 1. The summed E-state index contributed by atoms with van der Waals surface area (Å²) in [4.78, 5) is 38.6. The first kappa shape index (κ1) is 17.3. The maximum atomic E-state index is 12.2. The van der Waals surface area contributed by atoms with Gasteiger partial charge < -0.3 is 9.47 Å². The maximum absolute atomic E-state index is 12.2. The number of aromatic nitrogens is 1. The molecule has 0 fully saturated rings. The monoisotopic (exact) mass is 311 g/mol. The first-order valence-corrected chi connectivity index (χ1v) is 6.31. The van der Waals surface area contributed by atoms with E-state index in [0.717, 1.165) is 18.2 Å². The van der Waals surface area contributed by atoms with Crippen molar-refractivity contribution in [3.63, 3.8) is 0 Å². The average Bonchev–Trinajstić information content (AvgIpc) is 2.42. The SMILES string of the molecule is COC(=O)CN(C(=O)OC(C)(C)C)c1ccncc1[N+](=O)[O-]. The van der Waals surface area contributed by atoms with Gasteiger partial charge in [-0.3, -0.25) is 24.8 Å². The van der Waals surface area contributed by atoms with E-state index < -0.39 is 34.8 Å². The van der Waals surface area contributed by atoms with Crippen molar-refractivity contribution in [3.8, 4) is 0 Å². The van der Waals surface area contributed by atoms with Crippen molar-refractivity contribution in [1.82, 2.24) is 4.98 Å². The molecule has 0 aliphatic carbocycles. The summed E-state index contributed by atoms with van der Waals surface area (Å²) in [7, 11) is 1.15. The summed E-state index contributed by atoms with van der Waals surface area (Å²) < 4.78 is 9.68. The topological polar surface area (TPSA) is 112 Å². The molecule has 0 bridgehead atoms. The predicted molar refractivity (Wildman–Crippen MR) is 76.5 cm³/mol. The number of nitrogens with zero attached hydrogens (tertiary/aromatic N) is 3. The zero-order valence-electron chi connectivity index (χ0n) is 12.7. The van der Waals surface area contributed by atoms with Gasteiger partial charge in [-0.25, -0.2) is 4.79 Å². The van der Waals surface area contributed by atoms with Crippen LogP contribution >= 0.6 is 0 Å². The van der Waals surface area contributed by atoms with Gasteiger partial charge in [-0.2, -0.15) is 0 Å². The second-order valence-corrected chi connectivity index (χ2v) is 5.26. The molecule has 1 aromatic rings. The molecule has 9 nitrogen and oxygen atoms in total. The third-order valence-electron chi connectivity index (χ3n) is 2.39. The first-order valence-electron chi connectivity index (χ1n) is 6.31. The Kier molecular flexibility index (Phi) is 5.39. The van der Waals surface area contributed by atoms with Crippen LogP contribution in [0.5, 0.6) is 0 Å². The Morgan fingerprint density at radius 3 is 2.55 bits per heavy atom. The summed E-state index contributed by atoms with van der Waals surface area (Å²) in [6, 6.07) is 1.25. The molecule has 9 heteroatoms. The summed E-state index contributed by atoms with van der Waals surface area (Å²) >= 11 is 0. The number of amides is 1. The normalized spacial score (nSPS) is 10.7. The van der Waals surface area contributed by atoms with Crippen LogP contribution in [-0.2, 0) is 14.3 Å². The van der Waals surface area contributed by atoms with Crippen molar-refractivity contribution in [1.29, 1.82) is 0 Å². The standard InChI is InChI=1S/C13H17N3O6/c1-13(2,3)22-12(18)15(8-11(17)21-4)9-5-6-14-7-10(9)16(19)20/h5-7H,8H2,1-4H3. The quantitative estimate of drug-likeness (QED) is 0.474. The zero-order valence-corrected chi connectivity index (χ0v) is 12.7. The molecule has 0 saturated carbocycles. The molecule has 0 saturated heterocycles. The zero-order chi connectivity index (χ0) is 16.9. The van der Waals surface area contributed by atoms with E-state index in [1.54, 1.807) is 20.8 Å². The molecule has 1 heterocycles. The molecule has 0 atom stereocenters. The lowest BCUT2D eigenvalue weighted by Crippen LogP contribution is -2.40. The number of hydrogen-bond donors (Lipinski definition) is 0. The van der Waals surface area contributed by atoms with Gasteiger partial charge in [0.2, 0.25) is 0 Å².